The fraction of sp³-hybridized carbons (Fsp3) is 0.226. The number of carbonyl (C=O) groups excluding carboxylic acids is 2. The van der Waals surface area contributed by atoms with Crippen LogP contribution in [0.2, 0.25) is 0 Å². The lowest BCUT2D eigenvalue weighted by molar-refractivity contribution is 0.220. The van der Waals surface area contributed by atoms with Crippen molar-refractivity contribution in [2.45, 2.75) is 18.0 Å². The Morgan fingerprint density at radius 3 is 2.40 bits per heavy atom. The predicted octanol–water partition coefficient (Wildman–Crippen LogP) is 5.94. The van der Waals surface area contributed by atoms with E-state index in [0.717, 1.165) is 46.3 Å². The zero-order valence-electron chi connectivity index (χ0n) is 23.2. The van der Waals surface area contributed by atoms with Crippen LogP contribution in [0.3, 0.4) is 0 Å². The number of carbonyl (C=O) groups is 2. The number of nitriles is 1. The second-order valence-electron chi connectivity index (χ2n) is 9.81. The van der Waals surface area contributed by atoms with Crippen LogP contribution >= 0.6 is 24.4 Å². The van der Waals surface area contributed by atoms with E-state index in [1.165, 1.54) is 0 Å². The predicted molar refractivity (Wildman–Crippen MR) is 171 cm³/mol. The van der Waals surface area contributed by atoms with Crippen molar-refractivity contribution in [3.8, 4) is 6.07 Å². The summed E-state index contributed by atoms with van der Waals surface area (Å²) in [5, 5.41) is 12.0. The molecular weight excluding hydrogens is 567 g/mol. The first-order valence-electron chi connectivity index (χ1n) is 13.5. The third kappa shape index (κ3) is 6.90. The average molecular weight is 598 g/mol. The first-order chi connectivity index (χ1) is 20.4. The minimum Gasteiger partial charge on any atom is -0.368 e. The van der Waals surface area contributed by atoms with Gasteiger partial charge in [0.1, 0.15) is 0 Å². The number of piperazine rings is 1. The molecule has 1 aliphatic rings. The van der Waals surface area contributed by atoms with E-state index in [9.17, 15) is 9.59 Å². The van der Waals surface area contributed by atoms with E-state index in [4.69, 9.17) is 5.26 Å². The molecule has 1 fully saturated rings. The summed E-state index contributed by atoms with van der Waals surface area (Å²) in [6, 6.07) is 25.0. The zero-order valence-corrected chi connectivity index (χ0v) is 24.9. The zero-order chi connectivity index (χ0) is 29.5. The number of anilines is 3. The Morgan fingerprint density at radius 1 is 1.02 bits per heavy atom. The van der Waals surface area contributed by atoms with Gasteiger partial charge in [0.05, 0.1) is 35.9 Å². The number of imidazole rings is 1. The van der Waals surface area contributed by atoms with E-state index in [2.05, 4.69) is 33.9 Å². The van der Waals surface area contributed by atoms with Crippen LogP contribution in [-0.4, -0.2) is 58.2 Å². The Balaban J connectivity index is 1.39. The van der Waals surface area contributed by atoms with Gasteiger partial charge in [-0.05, 0) is 60.4 Å². The Kier molecular flexibility index (Phi) is 9.36. The third-order valence-corrected chi connectivity index (χ3v) is 8.30. The smallest absolute Gasteiger partial charge is 0.326 e. The molecule has 0 saturated carbocycles. The quantitative estimate of drug-likeness (QED) is 0.193. The normalized spacial score (nSPS) is 13.0. The molecule has 2 heterocycles. The van der Waals surface area contributed by atoms with E-state index < -0.39 is 0 Å². The molecule has 42 heavy (non-hydrogen) atoms. The number of thiol groups is 1. The second-order valence-corrected chi connectivity index (χ2v) is 11.0. The van der Waals surface area contributed by atoms with Crippen molar-refractivity contribution in [1.82, 2.24) is 14.5 Å². The lowest BCUT2D eigenvalue weighted by Gasteiger charge is -2.35. The third-order valence-electron chi connectivity index (χ3n) is 7.23. The first kappa shape index (κ1) is 29.1. The lowest BCUT2D eigenvalue weighted by atomic mass is 10.1. The minimum absolute atomic E-state index is 0.201. The molecule has 0 bridgehead atoms. The molecule has 9 nitrogen and oxygen atoms in total. The molecule has 0 aliphatic carbocycles. The Morgan fingerprint density at radius 2 is 1.74 bits per heavy atom. The number of urea groups is 1. The van der Waals surface area contributed by atoms with Gasteiger partial charge in [0.15, 0.2) is 0 Å². The number of hydrogen-bond acceptors (Lipinski definition) is 6. The van der Waals surface area contributed by atoms with Gasteiger partial charge in [-0.2, -0.15) is 5.26 Å². The molecule has 3 amide bonds. The van der Waals surface area contributed by atoms with E-state index in [1.807, 2.05) is 71.5 Å². The molecule has 1 N–H and O–H groups in total. The van der Waals surface area contributed by atoms with Crippen molar-refractivity contribution < 1.29 is 9.59 Å². The second kappa shape index (κ2) is 13.5. The van der Waals surface area contributed by atoms with Gasteiger partial charge >= 0.3 is 6.03 Å². The molecule has 1 aromatic heterocycles. The van der Waals surface area contributed by atoms with Crippen LogP contribution in [-0.2, 0) is 13.1 Å². The number of nitrogens with one attached hydrogen (secondary N) is 1. The van der Waals surface area contributed by atoms with Crippen LogP contribution in [0.4, 0.5) is 26.7 Å². The molecule has 1 aliphatic heterocycles. The minimum atomic E-state index is -0.253. The highest BCUT2D eigenvalue weighted by Crippen LogP contribution is 2.28. The SMILES string of the molecule is CSc1ccccc1NC(=O)N(Cc1cncn1Cc1ccc(C#N)cc1)c1ccc(N2CCN(C(=O)S)CC2)cc1. The molecule has 0 spiro atoms. The molecule has 4 aromatic rings. The molecule has 5 rings (SSSR count). The van der Waals surface area contributed by atoms with Gasteiger partial charge in [0, 0.05) is 55.2 Å². The number of benzene rings is 3. The summed E-state index contributed by atoms with van der Waals surface area (Å²) in [5.41, 5.74) is 5.03. The van der Waals surface area contributed by atoms with Crippen LogP contribution in [0.5, 0.6) is 0 Å². The monoisotopic (exact) mass is 597 g/mol. The molecule has 0 atom stereocenters. The fourth-order valence-corrected chi connectivity index (χ4v) is 5.63. The van der Waals surface area contributed by atoms with Crippen LogP contribution in [0.25, 0.3) is 0 Å². The van der Waals surface area contributed by atoms with E-state index in [-0.39, 0.29) is 11.3 Å². The Labute approximate surface area is 255 Å². The van der Waals surface area contributed by atoms with Gasteiger partial charge in [-0.1, -0.05) is 36.9 Å². The summed E-state index contributed by atoms with van der Waals surface area (Å²) in [7, 11) is 0. The number of aromatic nitrogens is 2. The first-order valence-corrected chi connectivity index (χ1v) is 15.1. The summed E-state index contributed by atoms with van der Waals surface area (Å²) in [4.78, 5) is 36.4. The topological polar surface area (TPSA) is 97.5 Å². The Bertz CT molecular complexity index is 1570. The average Bonchev–Trinajstić information content (AvgIpc) is 3.47. The number of para-hydroxylation sites is 1. The summed E-state index contributed by atoms with van der Waals surface area (Å²) in [5.74, 6) is 0. The largest absolute Gasteiger partial charge is 0.368 e. The van der Waals surface area contributed by atoms with Crippen molar-refractivity contribution in [3.05, 3.63) is 102 Å². The van der Waals surface area contributed by atoms with Crippen molar-refractivity contribution in [1.29, 1.82) is 5.26 Å². The molecule has 0 unspecified atom stereocenters. The highest BCUT2D eigenvalue weighted by atomic mass is 32.2. The fourth-order valence-electron chi connectivity index (χ4n) is 4.88. The molecular formula is C31H31N7O2S2. The summed E-state index contributed by atoms with van der Waals surface area (Å²) < 4.78 is 2.01. The standard InChI is InChI=1S/C31H31N7O2S2/c1-42-29-5-3-2-4-28(29)34-30(39)38(21-27-19-33-22-37(27)20-24-8-6-23(18-32)7-9-24)26-12-10-25(11-13-26)35-14-16-36(17-15-35)31(40)41/h2-13,19,22H,14-17,20-21H2,1H3,(H,34,39)(H,40,41). The van der Waals surface area contributed by atoms with E-state index in [0.29, 0.717) is 31.7 Å². The number of nitrogens with zero attached hydrogens (tertiary/aromatic N) is 6. The lowest BCUT2D eigenvalue weighted by Crippen LogP contribution is -2.47. The molecule has 3 aromatic carbocycles. The number of thioether (sulfide) groups is 1. The van der Waals surface area contributed by atoms with Crippen molar-refractivity contribution in [3.63, 3.8) is 0 Å². The highest BCUT2D eigenvalue weighted by Gasteiger charge is 2.22. The van der Waals surface area contributed by atoms with Crippen molar-refractivity contribution in [2.75, 3.05) is 47.6 Å². The van der Waals surface area contributed by atoms with Crippen LogP contribution in [0, 0.1) is 11.3 Å². The Hall–Kier alpha value is -4.40. The van der Waals surface area contributed by atoms with Crippen molar-refractivity contribution >= 4 is 52.7 Å². The van der Waals surface area contributed by atoms with Gasteiger partial charge in [-0.25, -0.2) is 9.78 Å². The van der Waals surface area contributed by atoms with Crippen LogP contribution < -0.4 is 15.1 Å². The van der Waals surface area contributed by atoms with Crippen LogP contribution in [0.1, 0.15) is 16.8 Å². The summed E-state index contributed by atoms with van der Waals surface area (Å²) in [6.45, 7) is 3.54. The van der Waals surface area contributed by atoms with Crippen molar-refractivity contribution in [2.24, 2.45) is 0 Å². The van der Waals surface area contributed by atoms with Gasteiger partial charge < -0.3 is 19.7 Å². The van der Waals surface area contributed by atoms with Gasteiger partial charge in [0.2, 0.25) is 0 Å². The molecule has 214 valence electrons. The van der Waals surface area contributed by atoms with Gasteiger partial charge in [-0.3, -0.25) is 9.69 Å². The van der Waals surface area contributed by atoms with E-state index >= 15 is 0 Å². The number of amides is 3. The van der Waals surface area contributed by atoms with Gasteiger partial charge in [0.25, 0.3) is 5.24 Å². The summed E-state index contributed by atoms with van der Waals surface area (Å²) >= 11 is 5.52. The number of hydrogen-bond donors (Lipinski definition) is 2. The van der Waals surface area contributed by atoms with Crippen LogP contribution in [0.15, 0.2) is 90.2 Å². The molecule has 0 radical (unpaired) electrons. The highest BCUT2D eigenvalue weighted by molar-refractivity contribution is 7.98. The molecule has 11 heteroatoms. The number of rotatable bonds is 8. The maximum absolute atomic E-state index is 13.8. The molecule has 1 saturated heterocycles. The maximum atomic E-state index is 13.8. The van der Waals surface area contributed by atoms with E-state index in [1.54, 1.807) is 46.2 Å². The maximum Gasteiger partial charge on any atom is 0.326 e. The van der Waals surface area contributed by atoms with Gasteiger partial charge in [-0.15, -0.1) is 11.8 Å². The summed E-state index contributed by atoms with van der Waals surface area (Å²) in [6.07, 6.45) is 5.51.